The molecule has 0 bridgehead atoms. The zero-order valence-corrected chi connectivity index (χ0v) is 15.0. The van der Waals surface area contributed by atoms with Crippen molar-refractivity contribution in [2.45, 2.75) is 25.8 Å². The average Bonchev–Trinajstić information content (AvgIpc) is 3.34. The molecule has 5 rings (SSSR count). The molecule has 0 spiro atoms. The fourth-order valence-electron chi connectivity index (χ4n) is 3.78. The lowest BCUT2D eigenvalue weighted by molar-refractivity contribution is 0.432. The van der Waals surface area contributed by atoms with E-state index in [-0.39, 0.29) is 11.6 Å². The maximum Gasteiger partial charge on any atom is 0.274 e. The number of H-pyrrole nitrogens is 1. The number of hydrogen-bond donors (Lipinski definition) is 2. The molecule has 0 amide bonds. The number of nitrogens with zero attached hydrogens (tertiary/aromatic N) is 4. The van der Waals surface area contributed by atoms with Crippen LogP contribution in [-0.4, -0.2) is 24.9 Å². The predicted molar refractivity (Wildman–Crippen MR) is 100 cm³/mol. The zero-order chi connectivity index (χ0) is 18.7. The summed E-state index contributed by atoms with van der Waals surface area (Å²) in [6, 6.07) is 7.92. The molecule has 1 aliphatic carbocycles. The standard InChI is InChI=1S/C19H18N6O2/c1-9-7-13(15-17(21-9)25(2)23-18(15)26)19-22-16(24-27-19)11-4-3-10-5-6-14(20)12(10)8-11/h3-4,7-8,14H,5-6,20H2,1-2H3,(H,23,26). The number of nitrogens with two attached hydrogens (primary N) is 1. The van der Waals surface area contributed by atoms with E-state index in [1.165, 1.54) is 5.56 Å². The quantitative estimate of drug-likeness (QED) is 0.565. The molecule has 3 heterocycles. The minimum absolute atomic E-state index is 0.0525. The van der Waals surface area contributed by atoms with Gasteiger partial charge in [0, 0.05) is 24.3 Å². The molecular formula is C19H18N6O2. The largest absolute Gasteiger partial charge is 0.334 e. The summed E-state index contributed by atoms with van der Waals surface area (Å²) < 4.78 is 7.09. The summed E-state index contributed by atoms with van der Waals surface area (Å²) in [7, 11) is 1.74. The molecule has 0 radical (unpaired) electrons. The van der Waals surface area contributed by atoms with Crippen molar-refractivity contribution in [3.63, 3.8) is 0 Å². The van der Waals surface area contributed by atoms with Gasteiger partial charge in [-0.15, -0.1) is 0 Å². The van der Waals surface area contributed by atoms with Crippen LogP contribution in [0.3, 0.4) is 0 Å². The van der Waals surface area contributed by atoms with E-state index in [0.29, 0.717) is 28.3 Å². The molecule has 0 aliphatic heterocycles. The van der Waals surface area contributed by atoms with Gasteiger partial charge < -0.3 is 10.3 Å². The number of nitrogens with one attached hydrogen (secondary N) is 1. The van der Waals surface area contributed by atoms with Crippen LogP contribution in [0.5, 0.6) is 0 Å². The smallest absolute Gasteiger partial charge is 0.274 e. The number of hydrogen-bond acceptors (Lipinski definition) is 6. The van der Waals surface area contributed by atoms with E-state index in [0.717, 1.165) is 29.7 Å². The Morgan fingerprint density at radius 2 is 2.15 bits per heavy atom. The van der Waals surface area contributed by atoms with Gasteiger partial charge in [-0.25, -0.2) is 4.98 Å². The molecular weight excluding hydrogens is 344 g/mol. The molecule has 8 heteroatoms. The molecule has 3 N–H and O–H groups in total. The third-order valence-corrected chi connectivity index (χ3v) is 5.13. The Morgan fingerprint density at radius 3 is 3.00 bits per heavy atom. The molecule has 1 aliphatic rings. The van der Waals surface area contributed by atoms with Crippen molar-refractivity contribution in [2.24, 2.45) is 12.8 Å². The minimum atomic E-state index is -0.238. The first-order chi connectivity index (χ1) is 13.0. The Hall–Kier alpha value is -3.26. The SMILES string of the molecule is Cc1cc(-c2nc(-c3ccc4c(c3)C(N)CC4)no2)c2c(=O)[nH]n(C)c2n1. The van der Waals surface area contributed by atoms with Gasteiger partial charge >= 0.3 is 0 Å². The maximum atomic E-state index is 12.3. The highest BCUT2D eigenvalue weighted by atomic mass is 16.5. The van der Waals surface area contributed by atoms with Crippen molar-refractivity contribution >= 4 is 11.0 Å². The first-order valence-electron chi connectivity index (χ1n) is 8.80. The second-order valence-electron chi connectivity index (χ2n) is 6.99. The summed E-state index contributed by atoms with van der Waals surface area (Å²) in [6.07, 6.45) is 1.96. The zero-order valence-electron chi connectivity index (χ0n) is 15.0. The predicted octanol–water partition coefficient (Wildman–Crippen LogP) is 2.23. The van der Waals surface area contributed by atoms with Gasteiger partial charge in [-0.3, -0.25) is 14.6 Å². The monoisotopic (exact) mass is 362 g/mol. The minimum Gasteiger partial charge on any atom is -0.334 e. The Balaban J connectivity index is 1.64. The summed E-state index contributed by atoms with van der Waals surface area (Å²) in [6.45, 7) is 1.86. The molecule has 1 atom stereocenters. The molecule has 0 saturated heterocycles. The second-order valence-corrected chi connectivity index (χ2v) is 6.99. The number of rotatable bonds is 2. The van der Waals surface area contributed by atoms with Gasteiger partial charge in [0.25, 0.3) is 11.4 Å². The summed E-state index contributed by atoms with van der Waals surface area (Å²) in [5.41, 5.74) is 11.1. The number of aromatic nitrogens is 5. The van der Waals surface area contributed by atoms with E-state index in [2.05, 4.69) is 26.3 Å². The first-order valence-corrected chi connectivity index (χ1v) is 8.80. The van der Waals surface area contributed by atoms with Gasteiger partial charge in [-0.05, 0) is 43.0 Å². The highest BCUT2D eigenvalue weighted by molar-refractivity contribution is 5.90. The van der Waals surface area contributed by atoms with Gasteiger partial charge in [-0.1, -0.05) is 17.3 Å². The first kappa shape index (κ1) is 16.0. The van der Waals surface area contributed by atoms with Crippen molar-refractivity contribution in [3.05, 3.63) is 51.4 Å². The third kappa shape index (κ3) is 2.41. The topological polar surface area (TPSA) is 116 Å². The van der Waals surface area contributed by atoms with Crippen LogP contribution in [0.1, 0.15) is 29.3 Å². The number of benzene rings is 1. The van der Waals surface area contributed by atoms with E-state index in [1.807, 2.05) is 19.1 Å². The maximum absolute atomic E-state index is 12.3. The van der Waals surface area contributed by atoms with E-state index < -0.39 is 0 Å². The summed E-state index contributed by atoms with van der Waals surface area (Å²) in [4.78, 5) is 21.3. The number of pyridine rings is 1. The normalized spacial score (nSPS) is 16.2. The fraction of sp³-hybridized carbons (Fsp3) is 0.263. The third-order valence-electron chi connectivity index (χ3n) is 5.13. The van der Waals surface area contributed by atoms with Crippen LogP contribution in [0.2, 0.25) is 0 Å². The number of fused-ring (bicyclic) bond motifs is 2. The molecule has 1 aromatic carbocycles. The lowest BCUT2D eigenvalue weighted by Crippen LogP contribution is -2.05. The Kier molecular flexibility index (Phi) is 3.32. The van der Waals surface area contributed by atoms with Gasteiger partial charge in [0.2, 0.25) is 5.82 Å². The molecule has 0 fully saturated rings. The summed E-state index contributed by atoms with van der Waals surface area (Å²) in [5.74, 6) is 0.767. The Labute approximate surface area is 154 Å². The molecule has 1 unspecified atom stereocenters. The van der Waals surface area contributed by atoms with Crippen molar-refractivity contribution in [2.75, 3.05) is 0 Å². The van der Waals surface area contributed by atoms with Crippen molar-refractivity contribution in [3.8, 4) is 22.8 Å². The lowest BCUT2D eigenvalue weighted by atomic mass is 10.0. The fourth-order valence-corrected chi connectivity index (χ4v) is 3.78. The molecule has 0 saturated carbocycles. The highest BCUT2D eigenvalue weighted by Crippen LogP contribution is 2.33. The lowest BCUT2D eigenvalue weighted by Gasteiger charge is -2.05. The van der Waals surface area contributed by atoms with E-state index >= 15 is 0 Å². The van der Waals surface area contributed by atoms with E-state index in [9.17, 15) is 4.79 Å². The highest BCUT2D eigenvalue weighted by Gasteiger charge is 2.22. The van der Waals surface area contributed by atoms with Gasteiger partial charge in [0.05, 0.1) is 10.9 Å². The van der Waals surface area contributed by atoms with E-state index in [4.69, 9.17) is 10.3 Å². The molecule has 8 nitrogen and oxygen atoms in total. The number of aryl methyl sites for hydroxylation is 3. The van der Waals surface area contributed by atoms with Gasteiger partial charge in [-0.2, -0.15) is 4.98 Å². The molecule has 3 aromatic heterocycles. The second kappa shape index (κ2) is 5.62. The average molecular weight is 362 g/mol. The van der Waals surface area contributed by atoms with Crippen molar-refractivity contribution in [1.29, 1.82) is 0 Å². The van der Waals surface area contributed by atoms with Crippen LogP contribution in [0.15, 0.2) is 33.6 Å². The van der Waals surface area contributed by atoms with Crippen LogP contribution in [0, 0.1) is 6.92 Å². The Morgan fingerprint density at radius 1 is 1.30 bits per heavy atom. The number of aromatic amines is 1. The summed E-state index contributed by atoms with van der Waals surface area (Å²) in [5, 5.41) is 7.28. The van der Waals surface area contributed by atoms with Gasteiger partial charge in [0.1, 0.15) is 0 Å². The van der Waals surface area contributed by atoms with Gasteiger partial charge in [0.15, 0.2) is 5.65 Å². The van der Waals surface area contributed by atoms with Crippen molar-refractivity contribution < 1.29 is 4.52 Å². The molecule has 136 valence electrons. The van der Waals surface area contributed by atoms with Crippen LogP contribution < -0.4 is 11.3 Å². The van der Waals surface area contributed by atoms with Crippen molar-refractivity contribution in [1.82, 2.24) is 24.9 Å². The Bertz CT molecular complexity index is 1250. The summed E-state index contributed by atoms with van der Waals surface area (Å²) >= 11 is 0. The van der Waals surface area contributed by atoms with E-state index in [1.54, 1.807) is 17.8 Å². The van der Waals surface area contributed by atoms with Crippen LogP contribution in [0.4, 0.5) is 0 Å². The molecule has 27 heavy (non-hydrogen) atoms. The van der Waals surface area contributed by atoms with Crippen LogP contribution >= 0.6 is 0 Å². The molecule has 4 aromatic rings. The van der Waals surface area contributed by atoms with Crippen LogP contribution in [-0.2, 0) is 13.5 Å². The van der Waals surface area contributed by atoms with Crippen LogP contribution in [0.25, 0.3) is 33.9 Å².